The molecule has 0 saturated carbocycles. The number of carbonyl (C=O) groups is 1. The molecule has 0 heterocycles. The third kappa shape index (κ3) is 5.64. The molecule has 0 aliphatic heterocycles. The number of hydrogen-bond donors (Lipinski definition) is 1. The van der Waals surface area contributed by atoms with E-state index in [1.165, 1.54) is 0 Å². The first-order chi connectivity index (χ1) is 13.0. The van der Waals surface area contributed by atoms with Crippen molar-refractivity contribution in [1.82, 2.24) is 10.2 Å². The van der Waals surface area contributed by atoms with Crippen LogP contribution < -0.4 is 10.1 Å². The summed E-state index contributed by atoms with van der Waals surface area (Å²) in [5.74, 6) is 0.655. The van der Waals surface area contributed by atoms with Crippen molar-refractivity contribution in [2.75, 3.05) is 33.0 Å². The van der Waals surface area contributed by atoms with Gasteiger partial charge in [-0.3, -0.25) is 9.69 Å². The normalized spacial score (nSPS) is 12.1. The Bertz CT molecular complexity index is 766. The number of methoxy groups -OCH3 is 1. The molecule has 1 amide bonds. The van der Waals surface area contributed by atoms with Gasteiger partial charge in [0.2, 0.25) is 0 Å². The van der Waals surface area contributed by atoms with Gasteiger partial charge in [-0.1, -0.05) is 37.6 Å². The first kappa shape index (κ1) is 21.6. The molecule has 27 heavy (non-hydrogen) atoms. The number of ether oxygens (including phenoxy) is 1. The van der Waals surface area contributed by atoms with Crippen LogP contribution in [-0.2, 0) is 0 Å². The van der Waals surface area contributed by atoms with Crippen molar-refractivity contribution in [3.63, 3.8) is 0 Å². The molecule has 0 aromatic heterocycles. The molecule has 6 heteroatoms. The molecule has 2 aromatic rings. The summed E-state index contributed by atoms with van der Waals surface area (Å²) in [5.41, 5.74) is 1.62. The molecule has 1 N–H and O–H groups in total. The molecule has 0 aliphatic carbocycles. The molecule has 0 aliphatic rings. The van der Waals surface area contributed by atoms with Crippen LogP contribution in [-0.4, -0.2) is 43.8 Å². The van der Waals surface area contributed by atoms with Crippen LogP contribution in [0.2, 0.25) is 5.02 Å². The van der Waals surface area contributed by atoms with E-state index in [9.17, 15) is 4.79 Å². The average Bonchev–Trinajstić information content (AvgIpc) is 2.71. The molecular formula is C21H27ClN2O2S. The fraction of sp³-hybridized carbons (Fsp3) is 0.381. The summed E-state index contributed by atoms with van der Waals surface area (Å²) in [7, 11) is 1.66. The number of rotatable bonds is 9. The lowest BCUT2D eigenvalue weighted by atomic mass is 10.0. The van der Waals surface area contributed by atoms with Crippen molar-refractivity contribution >= 4 is 29.3 Å². The minimum absolute atomic E-state index is 0.0570. The number of nitrogens with zero attached hydrogens (tertiary/aromatic N) is 1. The van der Waals surface area contributed by atoms with Gasteiger partial charge in [0.1, 0.15) is 5.75 Å². The quantitative estimate of drug-likeness (QED) is 0.602. The summed E-state index contributed by atoms with van der Waals surface area (Å²) >= 11 is 7.83. The molecule has 0 fully saturated rings. The largest absolute Gasteiger partial charge is 0.497 e. The van der Waals surface area contributed by atoms with Crippen LogP contribution in [0.3, 0.4) is 0 Å². The number of amides is 1. The summed E-state index contributed by atoms with van der Waals surface area (Å²) < 4.78 is 5.36. The zero-order chi connectivity index (χ0) is 19.8. The number of thioether (sulfide) groups is 1. The van der Waals surface area contributed by atoms with Gasteiger partial charge in [-0.25, -0.2) is 0 Å². The predicted octanol–water partition coefficient (Wildman–Crippen LogP) is 4.88. The molecule has 0 spiro atoms. The Morgan fingerprint density at radius 1 is 1.22 bits per heavy atom. The van der Waals surface area contributed by atoms with E-state index in [4.69, 9.17) is 16.3 Å². The van der Waals surface area contributed by atoms with Crippen LogP contribution in [0.15, 0.2) is 47.4 Å². The van der Waals surface area contributed by atoms with Crippen LogP contribution in [0.5, 0.6) is 5.75 Å². The Balaban J connectivity index is 2.21. The molecular weight excluding hydrogens is 380 g/mol. The monoisotopic (exact) mass is 406 g/mol. The highest BCUT2D eigenvalue weighted by atomic mass is 35.5. The SMILES string of the molecule is CCN(CC)C(CNC(=O)c1cc(SC)ccc1Cl)c1cccc(OC)c1. The smallest absolute Gasteiger partial charge is 0.252 e. The van der Waals surface area contributed by atoms with Crippen molar-refractivity contribution in [2.45, 2.75) is 24.8 Å². The van der Waals surface area contributed by atoms with Crippen LogP contribution in [0.25, 0.3) is 0 Å². The lowest BCUT2D eigenvalue weighted by Crippen LogP contribution is -2.38. The summed E-state index contributed by atoms with van der Waals surface area (Å²) in [5, 5.41) is 3.53. The number of benzene rings is 2. The predicted molar refractivity (Wildman–Crippen MR) is 114 cm³/mol. The first-order valence-electron chi connectivity index (χ1n) is 9.03. The van der Waals surface area contributed by atoms with E-state index in [0.29, 0.717) is 17.1 Å². The van der Waals surface area contributed by atoms with Gasteiger partial charge in [0.15, 0.2) is 0 Å². The van der Waals surface area contributed by atoms with Gasteiger partial charge >= 0.3 is 0 Å². The molecule has 4 nitrogen and oxygen atoms in total. The highest BCUT2D eigenvalue weighted by Crippen LogP contribution is 2.25. The van der Waals surface area contributed by atoms with Crippen LogP contribution in [0.1, 0.15) is 35.8 Å². The maximum Gasteiger partial charge on any atom is 0.252 e. The first-order valence-corrected chi connectivity index (χ1v) is 10.6. The van der Waals surface area contributed by atoms with Gasteiger partial charge in [0, 0.05) is 11.4 Å². The molecule has 1 atom stereocenters. The zero-order valence-electron chi connectivity index (χ0n) is 16.3. The van der Waals surface area contributed by atoms with Gasteiger partial charge in [-0.05, 0) is 55.2 Å². The minimum atomic E-state index is -0.157. The second-order valence-corrected chi connectivity index (χ2v) is 7.36. The van der Waals surface area contributed by atoms with E-state index in [1.54, 1.807) is 24.9 Å². The molecule has 0 bridgehead atoms. The summed E-state index contributed by atoms with van der Waals surface area (Å²) in [6, 6.07) is 13.6. The van der Waals surface area contributed by atoms with Gasteiger partial charge in [0.05, 0.1) is 23.7 Å². The lowest BCUT2D eigenvalue weighted by Gasteiger charge is -2.30. The van der Waals surface area contributed by atoms with Gasteiger partial charge in [-0.2, -0.15) is 0 Å². The topological polar surface area (TPSA) is 41.6 Å². The molecule has 146 valence electrons. The van der Waals surface area contributed by atoms with Crippen LogP contribution in [0, 0.1) is 0 Å². The maximum absolute atomic E-state index is 12.7. The van der Waals surface area contributed by atoms with Crippen molar-refractivity contribution < 1.29 is 9.53 Å². The van der Waals surface area contributed by atoms with E-state index >= 15 is 0 Å². The molecule has 0 saturated heterocycles. The average molecular weight is 407 g/mol. The number of likely N-dealkylation sites (N-methyl/N-ethyl adjacent to an activating group) is 1. The van der Waals surface area contributed by atoms with Crippen LogP contribution in [0.4, 0.5) is 0 Å². The maximum atomic E-state index is 12.7. The number of carbonyl (C=O) groups excluding carboxylic acids is 1. The van der Waals surface area contributed by atoms with Crippen molar-refractivity contribution in [1.29, 1.82) is 0 Å². The third-order valence-corrected chi connectivity index (χ3v) is 5.66. The second-order valence-electron chi connectivity index (χ2n) is 6.07. The van der Waals surface area contributed by atoms with Gasteiger partial charge in [-0.15, -0.1) is 11.8 Å². The van der Waals surface area contributed by atoms with E-state index in [2.05, 4.69) is 30.1 Å². The van der Waals surface area contributed by atoms with E-state index in [-0.39, 0.29) is 11.9 Å². The number of nitrogens with one attached hydrogen (secondary N) is 1. The molecule has 0 radical (unpaired) electrons. The van der Waals surface area contributed by atoms with E-state index in [0.717, 1.165) is 29.3 Å². The molecule has 2 rings (SSSR count). The second kappa shape index (κ2) is 10.6. The Morgan fingerprint density at radius 2 is 1.96 bits per heavy atom. The highest BCUT2D eigenvalue weighted by Gasteiger charge is 2.20. The van der Waals surface area contributed by atoms with Crippen LogP contribution >= 0.6 is 23.4 Å². The standard InChI is InChI=1S/C21H27ClN2O2S/c1-5-24(6-2)20(15-8-7-9-16(12-15)26-3)14-23-21(25)18-13-17(27-4)10-11-19(18)22/h7-13,20H,5-6,14H2,1-4H3,(H,23,25). The summed E-state index contributed by atoms with van der Waals surface area (Å²) in [6.07, 6.45) is 1.98. The third-order valence-electron chi connectivity index (χ3n) is 4.61. The summed E-state index contributed by atoms with van der Waals surface area (Å²) in [6.45, 7) is 6.51. The molecule has 1 unspecified atom stereocenters. The number of hydrogen-bond acceptors (Lipinski definition) is 4. The Hall–Kier alpha value is -1.69. The Labute approximate surface area is 171 Å². The van der Waals surface area contributed by atoms with E-state index in [1.807, 2.05) is 36.6 Å². The molecule has 2 aromatic carbocycles. The summed E-state index contributed by atoms with van der Waals surface area (Å²) in [4.78, 5) is 16.1. The minimum Gasteiger partial charge on any atom is -0.497 e. The van der Waals surface area contributed by atoms with E-state index < -0.39 is 0 Å². The number of halogens is 1. The van der Waals surface area contributed by atoms with Crippen molar-refractivity contribution in [2.24, 2.45) is 0 Å². The van der Waals surface area contributed by atoms with Crippen molar-refractivity contribution in [3.8, 4) is 5.75 Å². The Kier molecular flexibility index (Phi) is 8.48. The fourth-order valence-corrected chi connectivity index (χ4v) is 3.70. The van der Waals surface area contributed by atoms with Crippen molar-refractivity contribution in [3.05, 3.63) is 58.6 Å². The fourth-order valence-electron chi connectivity index (χ4n) is 3.06. The lowest BCUT2D eigenvalue weighted by molar-refractivity contribution is 0.0935. The zero-order valence-corrected chi connectivity index (χ0v) is 17.9. The highest BCUT2D eigenvalue weighted by molar-refractivity contribution is 7.98. The van der Waals surface area contributed by atoms with Gasteiger partial charge in [0.25, 0.3) is 5.91 Å². The van der Waals surface area contributed by atoms with Gasteiger partial charge < -0.3 is 10.1 Å². The Morgan fingerprint density at radius 3 is 2.59 bits per heavy atom.